The lowest BCUT2D eigenvalue weighted by molar-refractivity contribution is 0.0600. The summed E-state index contributed by atoms with van der Waals surface area (Å²) in [5.74, 6) is -0.203. The van der Waals surface area contributed by atoms with Gasteiger partial charge >= 0.3 is 5.97 Å². The fourth-order valence-corrected chi connectivity index (χ4v) is 3.98. The van der Waals surface area contributed by atoms with Gasteiger partial charge < -0.3 is 4.74 Å². The molecule has 0 aliphatic carbocycles. The molecule has 2 rings (SSSR count). The number of esters is 1. The lowest BCUT2D eigenvalue weighted by Crippen LogP contribution is -2.25. The summed E-state index contributed by atoms with van der Waals surface area (Å²) in [5, 5.41) is 0. The maximum atomic E-state index is 11.7. The molecule has 1 aromatic rings. The molecule has 1 fully saturated rings. The molecule has 1 heterocycles. The minimum atomic E-state index is -3.11. The predicted octanol–water partition coefficient (Wildman–Crippen LogP) is 1.77. The molecule has 0 bridgehead atoms. The zero-order chi connectivity index (χ0) is 14.0. The summed E-state index contributed by atoms with van der Waals surface area (Å²) >= 11 is 3.36. The third-order valence-corrected chi connectivity index (χ3v) is 5.67. The van der Waals surface area contributed by atoms with Gasteiger partial charge in [0.25, 0.3) is 0 Å². The molecule has 0 radical (unpaired) electrons. The molecule has 0 amide bonds. The van der Waals surface area contributed by atoms with Crippen LogP contribution in [0, 0.1) is 0 Å². The van der Waals surface area contributed by atoms with E-state index < -0.39 is 16.0 Å². The van der Waals surface area contributed by atoms with Crippen molar-refractivity contribution in [1.82, 2.24) is 4.31 Å². The van der Waals surface area contributed by atoms with Gasteiger partial charge in [-0.15, -0.1) is 0 Å². The Hall–Kier alpha value is -0.920. The number of hydrogen-bond acceptors (Lipinski definition) is 4. The van der Waals surface area contributed by atoms with Gasteiger partial charge in [0.15, 0.2) is 0 Å². The van der Waals surface area contributed by atoms with Gasteiger partial charge in [0.2, 0.25) is 10.0 Å². The summed E-state index contributed by atoms with van der Waals surface area (Å²) in [6.45, 7) is 0.873. The van der Waals surface area contributed by atoms with Crippen molar-refractivity contribution in [2.75, 3.05) is 19.4 Å². The largest absolute Gasteiger partial charge is 0.465 e. The van der Waals surface area contributed by atoms with Crippen LogP contribution in [0.1, 0.15) is 22.3 Å². The van der Waals surface area contributed by atoms with Crippen LogP contribution in [-0.4, -0.2) is 38.1 Å². The molecule has 7 heteroatoms. The topological polar surface area (TPSA) is 63.7 Å². The molecule has 19 heavy (non-hydrogen) atoms. The fraction of sp³-hybridized carbons (Fsp3) is 0.417. The molecule has 1 aliphatic heterocycles. The van der Waals surface area contributed by atoms with Crippen LogP contribution < -0.4 is 0 Å². The monoisotopic (exact) mass is 347 g/mol. The molecule has 1 aliphatic rings. The maximum Gasteiger partial charge on any atom is 0.337 e. The lowest BCUT2D eigenvalue weighted by Gasteiger charge is -2.15. The van der Waals surface area contributed by atoms with Gasteiger partial charge in [-0.2, -0.15) is 4.31 Å². The first-order chi connectivity index (χ1) is 8.94. The van der Waals surface area contributed by atoms with E-state index >= 15 is 0 Å². The van der Waals surface area contributed by atoms with Gasteiger partial charge in [0.05, 0.1) is 18.4 Å². The number of benzene rings is 1. The zero-order valence-electron chi connectivity index (χ0n) is 10.4. The van der Waals surface area contributed by atoms with Gasteiger partial charge in [0.1, 0.15) is 0 Å². The normalized spacial score (nSPS) is 18.4. The predicted molar refractivity (Wildman–Crippen MR) is 74.3 cm³/mol. The summed E-state index contributed by atoms with van der Waals surface area (Å²) in [7, 11) is -1.79. The van der Waals surface area contributed by atoms with E-state index in [4.69, 9.17) is 0 Å². The van der Waals surface area contributed by atoms with E-state index in [1.807, 2.05) is 0 Å². The van der Waals surface area contributed by atoms with E-state index in [0.29, 0.717) is 29.5 Å². The highest BCUT2D eigenvalue weighted by Gasteiger charge is 2.28. The van der Waals surface area contributed by atoms with Gasteiger partial charge in [-0.25, -0.2) is 13.2 Å². The number of sulfonamides is 1. The standard InChI is InChI=1S/C12H14BrNO4S/c1-18-12(15)9-3-4-10(11(13)7-9)8-14-5-2-6-19(14,16)17/h3-4,7H,2,5-6,8H2,1H3. The van der Waals surface area contributed by atoms with Gasteiger partial charge in [-0.3, -0.25) is 0 Å². The Morgan fingerprint density at radius 2 is 2.21 bits per heavy atom. The van der Waals surface area contributed by atoms with Gasteiger partial charge in [0, 0.05) is 17.6 Å². The Balaban J connectivity index is 2.20. The van der Waals surface area contributed by atoms with Crippen molar-refractivity contribution in [1.29, 1.82) is 0 Å². The molecule has 0 aromatic heterocycles. The van der Waals surface area contributed by atoms with E-state index in [-0.39, 0.29) is 5.75 Å². The molecular weight excluding hydrogens is 334 g/mol. The van der Waals surface area contributed by atoms with Crippen LogP contribution in [0.4, 0.5) is 0 Å². The van der Waals surface area contributed by atoms with Crippen molar-refractivity contribution in [2.24, 2.45) is 0 Å². The van der Waals surface area contributed by atoms with Crippen molar-refractivity contribution >= 4 is 31.9 Å². The third kappa shape index (κ3) is 3.16. The van der Waals surface area contributed by atoms with Crippen molar-refractivity contribution < 1.29 is 17.9 Å². The van der Waals surface area contributed by atoms with Crippen LogP contribution >= 0.6 is 15.9 Å². The Labute approximate surface area is 120 Å². The summed E-state index contributed by atoms with van der Waals surface area (Å²) in [5.41, 5.74) is 1.26. The average Bonchev–Trinajstić information content (AvgIpc) is 2.70. The molecule has 1 saturated heterocycles. The molecule has 1 aromatic carbocycles. The average molecular weight is 348 g/mol. The van der Waals surface area contributed by atoms with E-state index in [2.05, 4.69) is 20.7 Å². The molecule has 104 valence electrons. The lowest BCUT2D eigenvalue weighted by atomic mass is 10.1. The minimum Gasteiger partial charge on any atom is -0.465 e. The van der Waals surface area contributed by atoms with Crippen LogP contribution in [0.5, 0.6) is 0 Å². The van der Waals surface area contributed by atoms with Crippen LogP contribution in [0.3, 0.4) is 0 Å². The van der Waals surface area contributed by atoms with Crippen LogP contribution in [0.25, 0.3) is 0 Å². The van der Waals surface area contributed by atoms with Crippen LogP contribution in [-0.2, 0) is 21.3 Å². The highest BCUT2D eigenvalue weighted by atomic mass is 79.9. The van der Waals surface area contributed by atoms with Crippen molar-refractivity contribution in [2.45, 2.75) is 13.0 Å². The highest BCUT2D eigenvalue weighted by Crippen LogP contribution is 2.24. The second-order valence-electron chi connectivity index (χ2n) is 4.30. The molecule has 0 atom stereocenters. The number of hydrogen-bond donors (Lipinski definition) is 0. The van der Waals surface area contributed by atoms with E-state index in [9.17, 15) is 13.2 Å². The first-order valence-electron chi connectivity index (χ1n) is 5.78. The number of ether oxygens (including phenoxy) is 1. The second-order valence-corrected chi connectivity index (χ2v) is 7.24. The fourth-order valence-electron chi connectivity index (χ4n) is 1.98. The second kappa shape index (κ2) is 5.60. The number of carbonyl (C=O) groups excluding carboxylic acids is 1. The quantitative estimate of drug-likeness (QED) is 0.781. The number of carbonyl (C=O) groups is 1. The van der Waals surface area contributed by atoms with Gasteiger partial charge in [-0.05, 0) is 24.1 Å². The molecule has 5 nitrogen and oxygen atoms in total. The van der Waals surface area contributed by atoms with Crippen molar-refractivity contribution in [3.63, 3.8) is 0 Å². The summed E-state index contributed by atoms with van der Waals surface area (Å²) in [6, 6.07) is 5.02. The van der Waals surface area contributed by atoms with Gasteiger partial charge in [-0.1, -0.05) is 22.0 Å². The molecule has 0 unspecified atom stereocenters. The number of halogens is 1. The number of methoxy groups -OCH3 is 1. The smallest absolute Gasteiger partial charge is 0.337 e. The summed E-state index contributed by atoms with van der Waals surface area (Å²) in [4.78, 5) is 11.4. The Morgan fingerprint density at radius 3 is 2.74 bits per heavy atom. The summed E-state index contributed by atoms with van der Waals surface area (Å²) in [6.07, 6.45) is 0.667. The van der Waals surface area contributed by atoms with Crippen LogP contribution in [0.15, 0.2) is 22.7 Å². The van der Waals surface area contributed by atoms with Crippen molar-refractivity contribution in [3.05, 3.63) is 33.8 Å². The summed E-state index contributed by atoms with van der Waals surface area (Å²) < 4.78 is 30.3. The van der Waals surface area contributed by atoms with E-state index in [0.717, 1.165) is 5.56 Å². The molecule has 0 spiro atoms. The van der Waals surface area contributed by atoms with E-state index in [1.165, 1.54) is 11.4 Å². The van der Waals surface area contributed by atoms with E-state index in [1.54, 1.807) is 18.2 Å². The first-order valence-corrected chi connectivity index (χ1v) is 8.19. The Kier molecular flexibility index (Phi) is 4.27. The Morgan fingerprint density at radius 1 is 1.47 bits per heavy atom. The number of nitrogens with zero attached hydrogens (tertiary/aromatic N) is 1. The van der Waals surface area contributed by atoms with Crippen molar-refractivity contribution in [3.8, 4) is 0 Å². The molecular formula is C12H14BrNO4S. The highest BCUT2D eigenvalue weighted by molar-refractivity contribution is 9.10. The minimum absolute atomic E-state index is 0.213. The molecule has 0 saturated carbocycles. The Bertz CT molecular complexity index is 600. The zero-order valence-corrected chi connectivity index (χ0v) is 12.8. The third-order valence-electron chi connectivity index (χ3n) is 3.02. The van der Waals surface area contributed by atoms with Crippen LogP contribution in [0.2, 0.25) is 0 Å². The SMILES string of the molecule is COC(=O)c1ccc(CN2CCCS2(=O)=O)c(Br)c1. The molecule has 0 N–H and O–H groups in total. The maximum absolute atomic E-state index is 11.7. The first kappa shape index (κ1) is 14.5. The number of rotatable bonds is 3.